The highest BCUT2D eigenvalue weighted by molar-refractivity contribution is 7.99. The first-order valence-corrected chi connectivity index (χ1v) is 8.24. The molecule has 1 heterocycles. The van der Waals surface area contributed by atoms with Gasteiger partial charge in [0.25, 0.3) is 0 Å². The molecule has 0 bridgehead atoms. The highest BCUT2D eigenvalue weighted by Gasteiger charge is 2.36. The molecule has 1 aliphatic rings. The van der Waals surface area contributed by atoms with Crippen molar-refractivity contribution in [2.24, 2.45) is 5.73 Å². The van der Waals surface area contributed by atoms with Crippen LogP contribution in [-0.4, -0.2) is 30.1 Å². The van der Waals surface area contributed by atoms with Gasteiger partial charge in [0.2, 0.25) is 0 Å². The molecule has 2 rings (SSSR count). The Kier molecular flexibility index (Phi) is 5.09. The highest BCUT2D eigenvalue weighted by Crippen LogP contribution is 2.39. The summed E-state index contributed by atoms with van der Waals surface area (Å²) >= 11 is 1.79. The highest BCUT2D eigenvalue weighted by atomic mass is 32.2. The van der Waals surface area contributed by atoms with E-state index in [1.807, 2.05) is 11.8 Å². The van der Waals surface area contributed by atoms with Crippen LogP contribution in [0.3, 0.4) is 0 Å². The van der Waals surface area contributed by atoms with E-state index in [1.54, 1.807) is 30.8 Å². The summed E-state index contributed by atoms with van der Waals surface area (Å²) in [6, 6.07) is 4.59. The smallest absolute Gasteiger partial charge is 0.367 e. The van der Waals surface area contributed by atoms with Crippen LogP contribution >= 0.6 is 11.8 Å². The Labute approximate surface area is 127 Å². The van der Waals surface area contributed by atoms with E-state index in [1.165, 1.54) is 6.07 Å². The normalized spacial score (nSPS) is 21.4. The number of nitrogens with zero attached hydrogens (tertiary/aromatic N) is 1. The molecule has 1 saturated heterocycles. The van der Waals surface area contributed by atoms with E-state index in [2.05, 4.69) is 0 Å². The molecule has 2 atom stereocenters. The van der Waals surface area contributed by atoms with Gasteiger partial charge in [-0.25, -0.2) is 0 Å². The van der Waals surface area contributed by atoms with Crippen molar-refractivity contribution in [1.82, 2.24) is 0 Å². The molecule has 0 saturated carbocycles. The SMILES string of the molecule is CC(N)Cc1ccc(N2CCSCC2C)c(C(F)(F)F)c1. The molecule has 2 nitrogen and oxygen atoms in total. The summed E-state index contributed by atoms with van der Waals surface area (Å²) in [7, 11) is 0. The molecule has 1 fully saturated rings. The fraction of sp³-hybridized carbons (Fsp3) is 0.600. The van der Waals surface area contributed by atoms with Crippen LogP contribution < -0.4 is 10.6 Å². The Hall–Kier alpha value is -0.880. The molecule has 0 aromatic heterocycles. The first-order valence-electron chi connectivity index (χ1n) is 7.09. The van der Waals surface area contributed by atoms with Crippen LogP contribution in [0.2, 0.25) is 0 Å². The average Bonchev–Trinajstić information content (AvgIpc) is 2.38. The number of rotatable bonds is 3. The minimum Gasteiger partial charge on any atom is -0.367 e. The van der Waals surface area contributed by atoms with Crippen molar-refractivity contribution in [3.63, 3.8) is 0 Å². The summed E-state index contributed by atoms with van der Waals surface area (Å²) in [5.41, 5.74) is 6.08. The predicted octanol–water partition coefficient (Wildman–Crippen LogP) is 3.54. The molecule has 21 heavy (non-hydrogen) atoms. The first-order chi connectivity index (χ1) is 9.79. The zero-order valence-corrected chi connectivity index (χ0v) is 13.1. The minimum absolute atomic E-state index is 0.115. The van der Waals surface area contributed by atoms with Crippen LogP contribution in [0.15, 0.2) is 18.2 Å². The van der Waals surface area contributed by atoms with Gasteiger partial charge in [-0.1, -0.05) is 6.07 Å². The number of nitrogens with two attached hydrogens (primary N) is 1. The van der Waals surface area contributed by atoms with Crippen molar-refractivity contribution in [2.75, 3.05) is 23.0 Å². The molecule has 2 unspecified atom stereocenters. The standard InChI is InChI=1S/C15H21F3N2S/c1-10(19)7-12-3-4-14(13(8-12)15(16,17)18)20-5-6-21-9-11(20)2/h3-4,8,10-11H,5-7,9,19H2,1-2H3. The number of thioether (sulfide) groups is 1. The molecular weight excluding hydrogens is 297 g/mol. The minimum atomic E-state index is -4.34. The topological polar surface area (TPSA) is 29.3 Å². The van der Waals surface area contributed by atoms with E-state index in [9.17, 15) is 13.2 Å². The monoisotopic (exact) mass is 318 g/mol. The average molecular weight is 318 g/mol. The van der Waals surface area contributed by atoms with Crippen LogP contribution in [-0.2, 0) is 12.6 Å². The van der Waals surface area contributed by atoms with Gasteiger partial charge in [-0.2, -0.15) is 24.9 Å². The van der Waals surface area contributed by atoms with E-state index in [4.69, 9.17) is 5.73 Å². The maximum atomic E-state index is 13.4. The lowest BCUT2D eigenvalue weighted by atomic mass is 10.0. The second kappa shape index (κ2) is 6.48. The van der Waals surface area contributed by atoms with Gasteiger partial charge in [-0.15, -0.1) is 0 Å². The van der Waals surface area contributed by atoms with E-state index in [-0.39, 0.29) is 12.1 Å². The fourth-order valence-electron chi connectivity index (χ4n) is 2.64. The van der Waals surface area contributed by atoms with E-state index in [0.717, 1.165) is 11.5 Å². The van der Waals surface area contributed by atoms with Crippen LogP contribution in [0.4, 0.5) is 18.9 Å². The zero-order chi connectivity index (χ0) is 15.6. The third-order valence-electron chi connectivity index (χ3n) is 3.60. The molecule has 0 radical (unpaired) electrons. The number of anilines is 1. The molecule has 1 aromatic rings. The quantitative estimate of drug-likeness (QED) is 0.924. The second-order valence-corrected chi connectivity index (χ2v) is 6.80. The van der Waals surface area contributed by atoms with Gasteiger partial charge < -0.3 is 10.6 Å². The largest absolute Gasteiger partial charge is 0.418 e. The number of halogens is 3. The van der Waals surface area contributed by atoms with Crippen molar-refractivity contribution < 1.29 is 13.2 Å². The molecule has 6 heteroatoms. The second-order valence-electron chi connectivity index (χ2n) is 5.65. The van der Waals surface area contributed by atoms with Crippen LogP contribution in [0, 0.1) is 0 Å². The predicted molar refractivity (Wildman–Crippen MR) is 82.9 cm³/mol. The number of hydrogen-bond donors (Lipinski definition) is 1. The molecule has 2 N–H and O–H groups in total. The van der Waals surface area contributed by atoms with Crippen molar-refractivity contribution in [2.45, 2.75) is 38.5 Å². The van der Waals surface area contributed by atoms with Crippen LogP contribution in [0.5, 0.6) is 0 Å². The van der Waals surface area contributed by atoms with Gasteiger partial charge in [0.1, 0.15) is 0 Å². The maximum Gasteiger partial charge on any atom is 0.418 e. The van der Waals surface area contributed by atoms with Gasteiger partial charge >= 0.3 is 6.18 Å². The van der Waals surface area contributed by atoms with Crippen molar-refractivity contribution in [3.05, 3.63) is 29.3 Å². The van der Waals surface area contributed by atoms with Crippen molar-refractivity contribution in [1.29, 1.82) is 0 Å². The lowest BCUT2D eigenvalue weighted by Crippen LogP contribution is -2.41. The van der Waals surface area contributed by atoms with Gasteiger partial charge in [-0.05, 0) is 38.0 Å². The first kappa shape index (κ1) is 16.5. The van der Waals surface area contributed by atoms with Crippen LogP contribution in [0.1, 0.15) is 25.0 Å². The zero-order valence-electron chi connectivity index (χ0n) is 12.3. The summed E-state index contributed by atoms with van der Waals surface area (Å²) in [5.74, 6) is 1.72. The Balaban J connectivity index is 2.40. The van der Waals surface area contributed by atoms with Crippen molar-refractivity contribution in [3.8, 4) is 0 Å². The molecule has 1 aliphatic heterocycles. The summed E-state index contributed by atoms with van der Waals surface area (Å²) in [4.78, 5) is 1.87. The van der Waals surface area contributed by atoms with E-state index < -0.39 is 11.7 Å². The third-order valence-corrected chi connectivity index (χ3v) is 4.79. The Morgan fingerprint density at radius 3 is 2.71 bits per heavy atom. The summed E-state index contributed by atoms with van der Waals surface area (Å²) < 4.78 is 40.2. The van der Waals surface area contributed by atoms with E-state index in [0.29, 0.717) is 24.2 Å². The van der Waals surface area contributed by atoms with Crippen molar-refractivity contribution >= 4 is 17.4 Å². The molecular formula is C15H21F3N2S. The Morgan fingerprint density at radius 2 is 2.14 bits per heavy atom. The molecule has 0 amide bonds. The van der Waals surface area contributed by atoms with Gasteiger partial charge in [0, 0.05) is 35.8 Å². The molecule has 118 valence electrons. The number of alkyl halides is 3. The Morgan fingerprint density at radius 1 is 1.43 bits per heavy atom. The van der Waals surface area contributed by atoms with Gasteiger partial charge in [0.15, 0.2) is 0 Å². The fourth-order valence-corrected chi connectivity index (χ4v) is 3.66. The van der Waals surface area contributed by atoms with Gasteiger partial charge in [0.05, 0.1) is 5.56 Å². The molecule has 0 spiro atoms. The summed E-state index contributed by atoms with van der Waals surface area (Å²) in [5, 5.41) is 0. The molecule has 0 aliphatic carbocycles. The van der Waals surface area contributed by atoms with Crippen LogP contribution in [0.25, 0.3) is 0 Å². The summed E-state index contributed by atoms with van der Waals surface area (Å²) in [6.45, 7) is 4.43. The third kappa shape index (κ3) is 4.07. The lowest BCUT2D eigenvalue weighted by Gasteiger charge is -2.36. The summed E-state index contributed by atoms with van der Waals surface area (Å²) in [6.07, 6.45) is -3.89. The molecule has 1 aromatic carbocycles. The van der Waals surface area contributed by atoms with Gasteiger partial charge in [-0.3, -0.25) is 0 Å². The Bertz CT molecular complexity index is 488. The maximum absolute atomic E-state index is 13.4. The van der Waals surface area contributed by atoms with E-state index >= 15 is 0 Å². The number of hydrogen-bond acceptors (Lipinski definition) is 3. The lowest BCUT2D eigenvalue weighted by molar-refractivity contribution is -0.137. The number of benzene rings is 1.